The zero-order chi connectivity index (χ0) is 15.9. The summed E-state index contributed by atoms with van der Waals surface area (Å²) < 4.78 is 10.9. The molecule has 23 heavy (non-hydrogen) atoms. The maximum atomic E-state index is 11.9. The quantitative estimate of drug-likeness (QED) is 0.609. The maximum absolute atomic E-state index is 11.9. The van der Waals surface area contributed by atoms with Crippen molar-refractivity contribution in [3.8, 4) is 5.75 Å². The van der Waals surface area contributed by atoms with Gasteiger partial charge < -0.3 is 31.2 Å². The van der Waals surface area contributed by atoms with E-state index in [1.807, 2.05) is 20.8 Å². The van der Waals surface area contributed by atoms with Gasteiger partial charge in [-0.2, -0.15) is 6.07 Å². The van der Waals surface area contributed by atoms with E-state index in [4.69, 9.17) is 21.3 Å². The molecular formula is C15H19CuLiN3O3. The van der Waals surface area contributed by atoms with Crippen molar-refractivity contribution in [1.29, 1.82) is 5.26 Å². The van der Waals surface area contributed by atoms with Gasteiger partial charge in [0.05, 0.1) is 12.6 Å². The van der Waals surface area contributed by atoms with Crippen molar-refractivity contribution in [2.45, 2.75) is 38.8 Å². The van der Waals surface area contributed by atoms with Crippen LogP contribution in [0.5, 0.6) is 5.75 Å². The Morgan fingerprint density at radius 1 is 1.52 bits per heavy atom. The first-order valence-electron chi connectivity index (χ1n) is 6.61. The number of likely N-dealkylation sites (tertiary alicyclic amines) is 1. The summed E-state index contributed by atoms with van der Waals surface area (Å²) in [6.07, 6.45) is 3.87. The van der Waals surface area contributed by atoms with Gasteiger partial charge in [0.15, 0.2) is 0 Å². The van der Waals surface area contributed by atoms with Gasteiger partial charge >= 0.3 is 23.2 Å². The molecule has 6 nitrogen and oxygen atoms in total. The van der Waals surface area contributed by atoms with Crippen LogP contribution in [0.3, 0.4) is 0 Å². The van der Waals surface area contributed by atoms with Gasteiger partial charge in [-0.3, -0.25) is 0 Å². The average Bonchev–Trinajstić information content (AvgIpc) is 2.39. The van der Waals surface area contributed by atoms with Gasteiger partial charge in [-0.15, -0.1) is 0 Å². The van der Waals surface area contributed by atoms with Crippen LogP contribution in [0, 0.1) is 17.9 Å². The Bertz CT molecular complexity index is 480. The molecule has 1 aromatic rings. The number of nitrogens with zero attached hydrogens (tertiary/aromatic N) is 3. The van der Waals surface area contributed by atoms with Crippen LogP contribution >= 0.6 is 0 Å². The Hall–Kier alpha value is -1.17. The van der Waals surface area contributed by atoms with Crippen LogP contribution in [-0.4, -0.2) is 59.6 Å². The summed E-state index contributed by atoms with van der Waals surface area (Å²) in [5, 5.41) is 6.25. The third-order valence-electron chi connectivity index (χ3n) is 2.79. The number of hydrogen-bond acceptors (Lipinski definition) is 5. The Balaban J connectivity index is 0. The Morgan fingerprint density at radius 3 is 2.61 bits per heavy atom. The molecule has 1 aliphatic rings. The van der Waals surface area contributed by atoms with Crippen molar-refractivity contribution in [1.82, 2.24) is 9.88 Å². The van der Waals surface area contributed by atoms with Crippen LogP contribution in [0.25, 0.3) is 0 Å². The first kappa shape index (κ1) is 24.1. The van der Waals surface area contributed by atoms with Crippen molar-refractivity contribution in [2.75, 3.05) is 13.2 Å². The average molecular weight is 360 g/mol. The second-order valence-corrected chi connectivity index (χ2v) is 5.55. The van der Waals surface area contributed by atoms with E-state index in [1.165, 1.54) is 0 Å². The largest absolute Gasteiger partial charge is 2.00 e. The molecule has 2 radical (unpaired) electrons. The molecule has 1 saturated heterocycles. The number of pyridine rings is 1. The Kier molecular flexibility index (Phi) is 11.9. The van der Waals surface area contributed by atoms with Gasteiger partial charge in [-0.1, -0.05) is 6.20 Å². The van der Waals surface area contributed by atoms with Gasteiger partial charge in [-0.05, 0) is 39.1 Å². The van der Waals surface area contributed by atoms with Gasteiger partial charge in [-0.25, -0.2) is 10.9 Å². The number of carbonyl (C=O) groups is 1. The molecule has 8 heteroatoms. The van der Waals surface area contributed by atoms with E-state index >= 15 is 0 Å². The van der Waals surface area contributed by atoms with Gasteiger partial charge in [0.25, 0.3) is 0 Å². The number of ether oxygens (including phenoxy) is 2. The summed E-state index contributed by atoms with van der Waals surface area (Å²) >= 11 is 0. The van der Waals surface area contributed by atoms with E-state index in [1.54, 1.807) is 23.4 Å². The zero-order valence-corrected chi connectivity index (χ0v) is 14.7. The predicted molar refractivity (Wildman–Crippen MR) is 80.6 cm³/mol. The van der Waals surface area contributed by atoms with Crippen molar-refractivity contribution in [3.63, 3.8) is 0 Å². The predicted octanol–water partition coefficient (Wildman–Crippen LogP) is 1.98. The summed E-state index contributed by atoms with van der Waals surface area (Å²) in [4.78, 5) is 17.5. The summed E-state index contributed by atoms with van der Waals surface area (Å²) in [5.41, 5.74) is -0.462. The minimum atomic E-state index is -0.462. The second-order valence-electron chi connectivity index (χ2n) is 5.55. The first-order chi connectivity index (χ1) is 9.96. The van der Waals surface area contributed by atoms with E-state index in [-0.39, 0.29) is 48.1 Å². The maximum Gasteiger partial charge on any atom is 2.00 e. The molecule has 1 aromatic heterocycles. The number of hydrogen-bond donors (Lipinski definition) is 0. The normalized spacial score (nSPS) is 15.5. The van der Waals surface area contributed by atoms with Gasteiger partial charge in [0, 0.05) is 25.4 Å². The van der Waals surface area contributed by atoms with Gasteiger partial charge in [0.2, 0.25) is 0 Å². The molecule has 0 spiro atoms. The minimum absolute atomic E-state index is 0. The SMILES string of the molecule is CC(C)(C)OC(=O)N1CC[C@H]1COc1c[c-]cnc1.[C-]#N.[Cu+2].[Li]. The number of amides is 1. The summed E-state index contributed by atoms with van der Waals surface area (Å²) in [6.45, 7) is 11.5. The van der Waals surface area contributed by atoms with Crippen LogP contribution in [-0.2, 0) is 21.8 Å². The molecule has 1 amide bonds. The third kappa shape index (κ3) is 8.30. The number of aromatic nitrogens is 1. The Morgan fingerprint density at radius 2 is 2.17 bits per heavy atom. The van der Waals surface area contributed by atoms with Crippen molar-refractivity contribution in [2.24, 2.45) is 0 Å². The molecule has 0 aliphatic carbocycles. The monoisotopic (exact) mass is 359 g/mol. The molecule has 2 heterocycles. The molecule has 0 aromatic carbocycles. The molecule has 124 valence electrons. The molecule has 1 atom stereocenters. The minimum Gasteiger partial charge on any atom is -0.575 e. The fourth-order valence-corrected chi connectivity index (χ4v) is 1.76. The molecule has 1 aliphatic heterocycles. The molecule has 0 bridgehead atoms. The fourth-order valence-electron chi connectivity index (χ4n) is 1.76. The molecule has 2 rings (SSSR count). The number of rotatable bonds is 3. The molecule has 0 saturated carbocycles. The van der Waals surface area contributed by atoms with Crippen molar-refractivity contribution < 1.29 is 31.3 Å². The smallest absolute Gasteiger partial charge is 0.575 e. The molecular weight excluding hydrogens is 341 g/mol. The van der Waals surface area contributed by atoms with Gasteiger partial charge in [0.1, 0.15) is 5.60 Å². The molecule has 0 unspecified atom stereocenters. The third-order valence-corrected chi connectivity index (χ3v) is 2.79. The number of carbonyl (C=O) groups excluding carboxylic acids is 1. The summed E-state index contributed by atoms with van der Waals surface area (Å²) in [6, 6.07) is 4.65. The van der Waals surface area contributed by atoms with E-state index in [0.717, 1.165) is 13.0 Å². The van der Waals surface area contributed by atoms with Crippen LogP contribution in [0.1, 0.15) is 27.2 Å². The topological polar surface area (TPSA) is 75.4 Å². The van der Waals surface area contributed by atoms with E-state index in [9.17, 15) is 4.79 Å². The van der Waals surface area contributed by atoms with Crippen LogP contribution < -0.4 is 4.74 Å². The van der Waals surface area contributed by atoms with Crippen molar-refractivity contribution >= 4 is 25.0 Å². The Labute approximate surface area is 160 Å². The standard InChI is InChI=1S/C14H19N2O3.CN.Cu.Li/c1-14(2,3)19-13(17)16-8-6-11(16)10-18-12-5-4-7-15-9-12;1-2;;/h5,7,9,11H,6,8,10H2,1-3H3;;;/q2*-1;+2;/t11-;;;/m0.../s1. The fraction of sp³-hybridized carbons (Fsp3) is 0.533. The molecule has 0 N–H and O–H groups in total. The summed E-state index contributed by atoms with van der Waals surface area (Å²) in [7, 11) is 0. The molecule has 1 fully saturated rings. The van der Waals surface area contributed by atoms with Crippen molar-refractivity contribution in [3.05, 3.63) is 31.1 Å². The van der Waals surface area contributed by atoms with Crippen LogP contribution in [0.4, 0.5) is 4.79 Å². The second kappa shape index (κ2) is 11.4. The summed E-state index contributed by atoms with van der Waals surface area (Å²) in [5.74, 6) is 0.665. The van der Waals surface area contributed by atoms with Crippen LogP contribution in [0.2, 0.25) is 0 Å². The first-order valence-corrected chi connectivity index (χ1v) is 6.61. The van der Waals surface area contributed by atoms with E-state index < -0.39 is 5.60 Å². The van der Waals surface area contributed by atoms with Crippen LogP contribution in [0.15, 0.2) is 18.5 Å². The zero-order valence-electron chi connectivity index (χ0n) is 13.8. The van der Waals surface area contributed by atoms with E-state index in [0.29, 0.717) is 12.4 Å². The van der Waals surface area contributed by atoms with E-state index in [2.05, 4.69) is 11.1 Å².